The van der Waals surface area contributed by atoms with Gasteiger partial charge < -0.3 is 9.64 Å². The smallest absolute Gasteiger partial charge is 0.420 e. The Morgan fingerprint density at radius 3 is 2.44 bits per heavy atom. The van der Waals surface area contributed by atoms with Crippen LogP contribution in [0.15, 0.2) is 18.2 Å². The largest absolute Gasteiger partial charge is 0.490 e. The van der Waals surface area contributed by atoms with E-state index < -0.39 is 23.3 Å². The van der Waals surface area contributed by atoms with Gasteiger partial charge in [0.1, 0.15) is 5.56 Å². The van der Waals surface area contributed by atoms with E-state index in [1.54, 1.807) is 0 Å². The van der Waals surface area contributed by atoms with Crippen LogP contribution in [-0.2, 0) is 6.18 Å². The first-order valence-electron chi connectivity index (χ1n) is 5.45. The topological polar surface area (TPSA) is 12.5 Å². The molecule has 0 spiro atoms. The van der Waals surface area contributed by atoms with E-state index in [1.165, 1.54) is 0 Å². The minimum absolute atomic E-state index is 0.0438. The lowest BCUT2D eigenvalue weighted by molar-refractivity contribution is -0.139. The van der Waals surface area contributed by atoms with Gasteiger partial charge in [-0.25, -0.2) is 4.39 Å². The van der Waals surface area contributed by atoms with Crippen molar-refractivity contribution in [3.8, 4) is 5.75 Å². The van der Waals surface area contributed by atoms with Crippen LogP contribution in [0.1, 0.15) is 12.0 Å². The zero-order valence-electron chi connectivity index (χ0n) is 10.2. The quantitative estimate of drug-likeness (QED) is 0.599. The molecule has 0 aliphatic heterocycles. The summed E-state index contributed by atoms with van der Waals surface area (Å²) in [4.78, 5) is 1.87. The molecular weight excluding hydrogens is 250 g/mol. The summed E-state index contributed by atoms with van der Waals surface area (Å²) in [7, 11) is 3.68. The van der Waals surface area contributed by atoms with Gasteiger partial charge >= 0.3 is 6.18 Å². The van der Waals surface area contributed by atoms with Gasteiger partial charge in [0.05, 0.1) is 6.61 Å². The third kappa shape index (κ3) is 4.18. The lowest BCUT2D eigenvalue weighted by atomic mass is 10.2. The third-order valence-electron chi connectivity index (χ3n) is 2.27. The summed E-state index contributed by atoms with van der Waals surface area (Å²) >= 11 is 0. The van der Waals surface area contributed by atoms with Crippen molar-refractivity contribution in [3.63, 3.8) is 0 Å². The van der Waals surface area contributed by atoms with E-state index in [-0.39, 0.29) is 6.61 Å². The summed E-state index contributed by atoms with van der Waals surface area (Å²) in [6.45, 7) is 0.706. The second-order valence-corrected chi connectivity index (χ2v) is 4.12. The summed E-state index contributed by atoms with van der Waals surface area (Å²) in [6.07, 6.45) is -4.09. The zero-order chi connectivity index (χ0) is 13.8. The molecule has 1 aromatic carbocycles. The van der Waals surface area contributed by atoms with Gasteiger partial charge in [-0.1, -0.05) is 6.07 Å². The number of halogens is 4. The number of ether oxygens (including phenoxy) is 1. The summed E-state index contributed by atoms with van der Waals surface area (Å²) in [6, 6.07) is 2.78. The number of hydrogen-bond acceptors (Lipinski definition) is 2. The van der Waals surface area contributed by atoms with E-state index in [4.69, 9.17) is 4.74 Å². The fraction of sp³-hybridized carbons (Fsp3) is 0.500. The number of alkyl halides is 3. The maximum atomic E-state index is 13.3. The van der Waals surface area contributed by atoms with E-state index in [2.05, 4.69) is 0 Å². The van der Waals surface area contributed by atoms with Crippen LogP contribution in [0.5, 0.6) is 5.75 Å². The molecule has 0 saturated carbocycles. The Balaban J connectivity index is 2.75. The predicted molar refractivity (Wildman–Crippen MR) is 60.1 cm³/mol. The maximum Gasteiger partial charge on any atom is 0.420 e. The molecule has 1 rings (SSSR count). The first kappa shape index (κ1) is 14.8. The number of benzene rings is 1. The van der Waals surface area contributed by atoms with Gasteiger partial charge in [-0.15, -0.1) is 0 Å². The molecule has 0 saturated heterocycles. The average molecular weight is 265 g/mol. The highest BCUT2D eigenvalue weighted by molar-refractivity contribution is 5.37. The number of rotatable bonds is 5. The highest BCUT2D eigenvalue weighted by atomic mass is 19.4. The molecule has 0 heterocycles. The van der Waals surface area contributed by atoms with Crippen molar-refractivity contribution in [1.82, 2.24) is 4.90 Å². The van der Waals surface area contributed by atoms with Gasteiger partial charge in [0.25, 0.3) is 0 Å². The van der Waals surface area contributed by atoms with Crippen molar-refractivity contribution >= 4 is 0 Å². The minimum Gasteiger partial charge on any atom is -0.490 e. The van der Waals surface area contributed by atoms with Gasteiger partial charge in [0.15, 0.2) is 11.6 Å². The highest BCUT2D eigenvalue weighted by Crippen LogP contribution is 2.37. The van der Waals surface area contributed by atoms with Crippen molar-refractivity contribution in [2.24, 2.45) is 0 Å². The van der Waals surface area contributed by atoms with Gasteiger partial charge in [-0.2, -0.15) is 13.2 Å². The van der Waals surface area contributed by atoms with Crippen LogP contribution >= 0.6 is 0 Å². The maximum absolute atomic E-state index is 13.3. The van der Waals surface area contributed by atoms with Crippen LogP contribution in [0.3, 0.4) is 0 Å². The monoisotopic (exact) mass is 265 g/mol. The number of hydrogen-bond donors (Lipinski definition) is 0. The summed E-state index contributed by atoms with van der Waals surface area (Å²) in [5.41, 5.74) is -1.08. The first-order valence-corrected chi connectivity index (χ1v) is 5.45. The highest BCUT2D eigenvalue weighted by Gasteiger charge is 2.35. The molecule has 0 radical (unpaired) electrons. The molecule has 0 amide bonds. The molecule has 0 atom stereocenters. The molecule has 0 N–H and O–H groups in total. The SMILES string of the molecule is CN(C)CCCOc1c(F)cccc1C(F)(F)F. The summed E-state index contributed by atoms with van der Waals surface area (Å²) < 4.78 is 56.1. The first-order chi connectivity index (χ1) is 8.32. The molecule has 0 unspecified atom stereocenters. The number of para-hydroxylation sites is 1. The molecule has 6 heteroatoms. The Kier molecular flexibility index (Phi) is 4.95. The van der Waals surface area contributed by atoms with E-state index in [1.807, 2.05) is 19.0 Å². The fourth-order valence-corrected chi connectivity index (χ4v) is 1.43. The molecule has 1 aromatic rings. The second-order valence-electron chi connectivity index (χ2n) is 4.12. The molecule has 2 nitrogen and oxygen atoms in total. The Labute approximate surface area is 103 Å². The van der Waals surface area contributed by atoms with Crippen LogP contribution in [0.4, 0.5) is 17.6 Å². The molecule has 0 bridgehead atoms. The Morgan fingerprint density at radius 2 is 1.89 bits per heavy atom. The van der Waals surface area contributed by atoms with E-state index >= 15 is 0 Å². The van der Waals surface area contributed by atoms with Crippen molar-refractivity contribution < 1.29 is 22.3 Å². The lowest BCUT2D eigenvalue weighted by Crippen LogP contribution is -2.17. The molecule has 18 heavy (non-hydrogen) atoms. The normalized spacial score (nSPS) is 11.9. The van der Waals surface area contributed by atoms with Crippen molar-refractivity contribution in [2.75, 3.05) is 27.2 Å². The molecular formula is C12H15F4NO. The van der Waals surface area contributed by atoms with Crippen LogP contribution in [0.25, 0.3) is 0 Å². The van der Waals surface area contributed by atoms with E-state index in [0.717, 1.165) is 18.2 Å². The van der Waals surface area contributed by atoms with E-state index in [9.17, 15) is 17.6 Å². The summed E-state index contributed by atoms with van der Waals surface area (Å²) in [5, 5.41) is 0. The Hall–Kier alpha value is -1.30. The van der Waals surface area contributed by atoms with Gasteiger partial charge in [0.2, 0.25) is 0 Å². The Bertz CT molecular complexity index is 390. The number of nitrogens with zero attached hydrogens (tertiary/aromatic N) is 1. The van der Waals surface area contributed by atoms with Crippen LogP contribution in [-0.4, -0.2) is 32.1 Å². The van der Waals surface area contributed by atoms with Crippen molar-refractivity contribution in [1.29, 1.82) is 0 Å². The van der Waals surface area contributed by atoms with Crippen LogP contribution in [0.2, 0.25) is 0 Å². The standard InChI is InChI=1S/C12H15F4NO/c1-17(2)7-4-8-18-11-9(12(14,15)16)5-3-6-10(11)13/h3,5-6H,4,7-8H2,1-2H3. The Morgan fingerprint density at radius 1 is 1.22 bits per heavy atom. The van der Waals surface area contributed by atoms with Gasteiger partial charge in [-0.05, 0) is 32.6 Å². The lowest BCUT2D eigenvalue weighted by Gasteiger charge is -2.15. The van der Waals surface area contributed by atoms with Gasteiger partial charge in [0, 0.05) is 6.54 Å². The van der Waals surface area contributed by atoms with Crippen molar-refractivity contribution in [2.45, 2.75) is 12.6 Å². The molecule has 0 aliphatic rings. The van der Waals surface area contributed by atoms with Crippen LogP contribution in [0, 0.1) is 5.82 Å². The molecule has 0 aliphatic carbocycles. The second kappa shape index (κ2) is 6.04. The molecule has 102 valence electrons. The average Bonchev–Trinajstić information content (AvgIpc) is 2.24. The third-order valence-corrected chi connectivity index (χ3v) is 2.27. The minimum atomic E-state index is -4.61. The van der Waals surface area contributed by atoms with Gasteiger partial charge in [-0.3, -0.25) is 0 Å². The summed E-state index contributed by atoms with van der Waals surface area (Å²) in [5.74, 6) is -1.71. The molecule has 0 fully saturated rings. The predicted octanol–water partition coefficient (Wildman–Crippen LogP) is 3.18. The van der Waals surface area contributed by atoms with E-state index in [0.29, 0.717) is 13.0 Å². The molecule has 0 aromatic heterocycles. The van der Waals surface area contributed by atoms with Crippen molar-refractivity contribution in [3.05, 3.63) is 29.6 Å². The zero-order valence-corrected chi connectivity index (χ0v) is 10.2. The fourth-order valence-electron chi connectivity index (χ4n) is 1.43. The van der Waals surface area contributed by atoms with Crippen LogP contribution < -0.4 is 4.74 Å².